The minimum absolute atomic E-state index is 0.0335. The van der Waals surface area contributed by atoms with E-state index in [0.29, 0.717) is 13.0 Å². The van der Waals surface area contributed by atoms with Gasteiger partial charge in [0.25, 0.3) is 5.91 Å². The van der Waals surface area contributed by atoms with Crippen molar-refractivity contribution in [1.29, 1.82) is 0 Å². The van der Waals surface area contributed by atoms with Crippen LogP contribution in [0.15, 0.2) is 24.3 Å². The molecule has 5 nitrogen and oxygen atoms in total. The maximum absolute atomic E-state index is 12.6. The Labute approximate surface area is 124 Å². The fourth-order valence-electron chi connectivity index (χ4n) is 2.22. The van der Waals surface area contributed by atoms with E-state index in [1.54, 1.807) is 0 Å². The number of nitrogens with zero attached hydrogens (tertiary/aromatic N) is 1. The molecule has 1 aromatic rings. The highest BCUT2D eigenvalue weighted by molar-refractivity contribution is 5.81. The second kappa shape index (κ2) is 6.25. The number of benzene rings is 1. The Bertz CT molecular complexity index is 575. The molecule has 22 heavy (non-hydrogen) atoms. The van der Waals surface area contributed by atoms with Crippen LogP contribution in [-0.4, -0.2) is 36.4 Å². The Morgan fingerprint density at radius 2 is 2.09 bits per heavy atom. The van der Waals surface area contributed by atoms with Gasteiger partial charge >= 0.3 is 6.18 Å². The van der Waals surface area contributed by atoms with Crippen molar-refractivity contribution in [3.05, 3.63) is 29.8 Å². The highest BCUT2D eigenvalue weighted by Gasteiger charge is 2.31. The first-order valence-electron chi connectivity index (χ1n) is 6.64. The largest absolute Gasteiger partial charge is 0.484 e. The van der Waals surface area contributed by atoms with E-state index in [-0.39, 0.29) is 30.7 Å². The van der Waals surface area contributed by atoms with Crippen molar-refractivity contribution >= 4 is 11.8 Å². The quantitative estimate of drug-likeness (QED) is 0.913. The zero-order valence-electron chi connectivity index (χ0n) is 11.6. The molecule has 8 heteroatoms. The predicted molar refractivity (Wildman–Crippen MR) is 70.8 cm³/mol. The summed E-state index contributed by atoms with van der Waals surface area (Å²) in [5.74, 6) is -1.26. The Balaban J connectivity index is 1.91. The number of primary amides is 1. The van der Waals surface area contributed by atoms with Gasteiger partial charge in [-0.2, -0.15) is 13.2 Å². The lowest BCUT2D eigenvalue weighted by Crippen LogP contribution is -2.34. The molecule has 0 aliphatic carbocycles. The molecule has 1 aliphatic rings. The average molecular weight is 316 g/mol. The Morgan fingerprint density at radius 1 is 1.36 bits per heavy atom. The molecule has 1 fully saturated rings. The zero-order valence-corrected chi connectivity index (χ0v) is 11.6. The summed E-state index contributed by atoms with van der Waals surface area (Å²) in [7, 11) is 0. The van der Waals surface area contributed by atoms with Crippen molar-refractivity contribution < 1.29 is 27.5 Å². The van der Waals surface area contributed by atoms with Crippen LogP contribution in [-0.2, 0) is 15.8 Å². The standard InChI is InChI=1S/C14H15F3N2O3/c15-14(16,17)10-2-1-3-11(6-10)22-8-12(20)19-5-4-9(7-19)13(18)21/h1-3,6,9H,4-5,7-8H2,(H2,18,21)/t9-/m0/s1. The van der Waals surface area contributed by atoms with E-state index in [9.17, 15) is 22.8 Å². The number of likely N-dealkylation sites (tertiary alicyclic amines) is 1. The minimum atomic E-state index is -4.47. The molecule has 0 saturated carbocycles. The van der Waals surface area contributed by atoms with Crippen LogP contribution in [0.3, 0.4) is 0 Å². The van der Waals surface area contributed by atoms with Gasteiger partial charge in [-0.25, -0.2) is 0 Å². The predicted octanol–water partition coefficient (Wildman–Crippen LogP) is 1.42. The number of rotatable bonds is 4. The van der Waals surface area contributed by atoms with Crippen molar-refractivity contribution in [1.82, 2.24) is 4.90 Å². The van der Waals surface area contributed by atoms with Gasteiger partial charge in [0.05, 0.1) is 11.5 Å². The van der Waals surface area contributed by atoms with Crippen LogP contribution in [0, 0.1) is 5.92 Å². The first-order chi connectivity index (χ1) is 10.3. The SMILES string of the molecule is NC(=O)[C@H]1CCN(C(=O)COc2cccc(C(F)(F)F)c2)C1. The number of carbonyl (C=O) groups is 2. The number of alkyl halides is 3. The van der Waals surface area contributed by atoms with E-state index < -0.39 is 17.6 Å². The number of ether oxygens (including phenoxy) is 1. The Hall–Kier alpha value is -2.25. The molecular formula is C14H15F3N2O3. The number of amides is 2. The van der Waals surface area contributed by atoms with Crippen LogP contribution in [0.4, 0.5) is 13.2 Å². The molecule has 2 rings (SSSR count). The molecular weight excluding hydrogens is 301 g/mol. The number of nitrogens with two attached hydrogens (primary N) is 1. The molecule has 0 spiro atoms. The molecule has 1 atom stereocenters. The normalized spacial score (nSPS) is 18.3. The minimum Gasteiger partial charge on any atom is -0.484 e. The Morgan fingerprint density at radius 3 is 2.68 bits per heavy atom. The first kappa shape index (κ1) is 16.1. The molecule has 120 valence electrons. The number of carbonyl (C=O) groups excluding carboxylic acids is 2. The van der Waals surface area contributed by atoms with Gasteiger partial charge in [-0.15, -0.1) is 0 Å². The highest BCUT2D eigenvalue weighted by atomic mass is 19.4. The lowest BCUT2D eigenvalue weighted by molar-refractivity contribution is -0.137. The van der Waals surface area contributed by atoms with Gasteiger partial charge in [0.2, 0.25) is 5.91 Å². The zero-order chi connectivity index (χ0) is 16.3. The van der Waals surface area contributed by atoms with Gasteiger partial charge in [-0.05, 0) is 24.6 Å². The fourth-order valence-corrected chi connectivity index (χ4v) is 2.22. The number of hydrogen-bond acceptors (Lipinski definition) is 3. The van der Waals surface area contributed by atoms with E-state index in [1.165, 1.54) is 17.0 Å². The van der Waals surface area contributed by atoms with Gasteiger partial charge in [0.15, 0.2) is 6.61 Å². The molecule has 0 aromatic heterocycles. The number of hydrogen-bond donors (Lipinski definition) is 1. The van der Waals surface area contributed by atoms with E-state index >= 15 is 0 Å². The third-order valence-electron chi connectivity index (χ3n) is 3.47. The van der Waals surface area contributed by atoms with E-state index in [0.717, 1.165) is 12.1 Å². The topological polar surface area (TPSA) is 72.6 Å². The molecule has 1 aliphatic heterocycles. The van der Waals surface area contributed by atoms with E-state index in [4.69, 9.17) is 10.5 Å². The highest BCUT2D eigenvalue weighted by Crippen LogP contribution is 2.31. The van der Waals surface area contributed by atoms with Gasteiger partial charge in [0.1, 0.15) is 5.75 Å². The van der Waals surface area contributed by atoms with Crippen molar-refractivity contribution in [3.8, 4) is 5.75 Å². The van der Waals surface area contributed by atoms with Crippen molar-refractivity contribution in [2.24, 2.45) is 11.7 Å². The summed E-state index contributed by atoms with van der Waals surface area (Å²) < 4.78 is 42.8. The third kappa shape index (κ3) is 3.90. The molecule has 1 aromatic carbocycles. The summed E-state index contributed by atoms with van der Waals surface area (Å²) >= 11 is 0. The van der Waals surface area contributed by atoms with Gasteiger partial charge < -0.3 is 15.4 Å². The molecule has 1 heterocycles. The summed E-state index contributed by atoms with van der Waals surface area (Å²) in [5.41, 5.74) is 4.33. The molecule has 0 unspecified atom stereocenters. The summed E-state index contributed by atoms with van der Waals surface area (Å²) in [6.45, 7) is 0.227. The lowest BCUT2D eigenvalue weighted by atomic mass is 10.1. The molecule has 0 radical (unpaired) electrons. The monoisotopic (exact) mass is 316 g/mol. The summed E-state index contributed by atoms with van der Waals surface area (Å²) in [6, 6.07) is 4.32. The number of halogens is 3. The van der Waals surface area contributed by atoms with Gasteiger partial charge in [-0.3, -0.25) is 9.59 Å². The van der Waals surface area contributed by atoms with E-state index in [2.05, 4.69) is 0 Å². The molecule has 0 bridgehead atoms. The fraction of sp³-hybridized carbons (Fsp3) is 0.429. The van der Waals surface area contributed by atoms with Crippen molar-refractivity contribution in [2.75, 3.05) is 19.7 Å². The van der Waals surface area contributed by atoms with Crippen LogP contribution in [0.1, 0.15) is 12.0 Å². The van der Waals surface area contributed by atoms with Crippen LogP contribution >= 0.6 is 0 Å². The van der Waals surface area contributed by atoms with Crippen LogP contribution < -0.4 is 10.5 Å². The summed E-state index contributed by atoms with van der Waals surface area (Å²) in [5, 5.41) is 0. The van der Waals surface area contributed by atoms with E-state index in [1.807, 2.05) is 0 Å². The van der Waals surface area contributed by atoms with Crippen LogP contribution in [0.5, 0.6) is 5.75 Å². The summed E-state index contributed by atoms with van der Waals surface area (Å²) in [6.07, 6.45) is -3.97. The first-order valence-corrected chi connectivity index (χ1v) is 6.64. The summed E-state index contributed by atoms with van der Waals surface area (Å²) in [4.78, 5) is 24.3. The molecule has 2 N–H and O–H groups in total. The van der Waals surface area contributed by atoms with Gasteiger partial charge in [-0.1, -0.05) is 6.07 Å². The maximum atomic E-state index is 12.6. The second-order valence-corrected chi connectivity index (χ2v) is 5.04. The van der Waals surface area contributed by atoms with Crippen molar-refractivity contribution in [2.45, 2.75) is 12.6 Å². The molecule has 2 amide bonds. The molecule has 1 saturated heterocycles. The Kier molecular flexibility index (Phi) is 4.58. The third-order valence-corrected chi connectivity index (χ3v) is 3.47. The second-order valence-electron chi connectivity index (χ2n) is 5.04. The van der Waals surface area contributed by atoms with Crippen LogP contribution in [0.25, 0.3) is 0 Å². The van der Waals surface area contributed by atoms with Crippen LogP contribution in [0.2, 0.25) is 0 Å². The lowest BCUT2D eigenvalue weighted by Gasteiger charge is -2.16. The maximum Gasteiger partial charge on any atom is 0.416 e. The van der Waals surface area contributed by atoms with Crippen molar-refractivity contribution in [3.63, 3.8) is 0 Å². The average Bonchev–Trinajstić information content (AvgIpc) is 2.94. The van der Waals surface area contributed by atoms with Gasteiger partial charge in [0, 0.05) is 13.1 Å². The smallest absolute Gasteiger partial charge is 0.416 e.